The van der Waals surface area contributed by atoms with Crippen LogP contribution < -0.4 is 5.32 Å². The van der Waals surface area contributed by atoms with Crippen LogP contribution in [0.15, 0.2) is 24.3 Å². The molecule has 0 heterocycles. The third-order valence-corrected chi connectivity index (χ3v) is 2.97. The van der Waals surface area contributed by atoms with Gasteiger partial charge in [-0.1, -0.05) is 24.3 Å². The Hall–Kier alpha value is -2.41. The fourth-order valence-electron chi connectivity index (χ4n) is 1.82. The molecule has 7 heteroatoms. The second-order valence-corrected chi connectivity index (χ2v) is 4.58. The first-order valence-corrected chi connectivity index (χ1v) is 6.68. The van der Waals surface area contributed by atoms with Crippen LogP contribution in [0.25, 0.3) is 0 Å². The molecule has 120 valence electrons. The highest BCUT2D eigenvalue weighted by atomic mass is 16.5. The number of esters is 2. The van der Waals surface area contributed by atoms with E-state index in [0.29, 0.717) is 0 Å². The lowest BCUT2D eigenvalue weighted by atomic mass is 10.1. The van der Waals surface area contributed by atoms with E-state index in [0.717, 1.165) is 29.7 Å². The first kappa shape index (κ1) is 17.6. The van der Waals surface area contributed by atoms with Gasteiger partial charge in [-0.25, -0.2) is 4.79 Å². The quantitative estimate of drug-likeness (QED) is 0.592. The molecular weight excluding hydrogens is 288 g/mol. The van der Waals surface area contributed by atoms with Gasteiger partial charge in [-0.05, 0) is 18.2 Å². The molecule has 22 heavy (non-hydrogen) atoms. The lowest BCUT2D eigenvalue weighted by molar-refractivity contribution is -0.160. The van der Waals surface area contributed by atoms with Crippen molar-refractivity contribution in [2.45, 2.75) is 13.1 Å². The maximum absolute atomic E-state index is 11.9. The van der Waals surface area contributed by atoms with Crippen LogP contribution in [0.3, 0.4) is 0 Å². The number of nitrogens with one attached hydrogen (secondary N) is 1. The van der Waals surface area contributed by atoms with Gasteiger partial charge in [0.2, 0.25) is 0 Å². The fourth-order valence-corrected chi connectivity index (χ4v) is 1.82. The zero-order chi connectivity index (χ0) is 16.5. The standard InChI is InChI=1S/C15H20N2O5/c1-16-8-11-4-6-12(7-5-11)9-17(10-13(18)21-2)14(19)15(20)22-3/h4-7,16H,8-10H2,1-3H3. The van der Waals surface area contributed by atoms with Crippen molar-refractivity contribution >= 4 is 17.8 Å². The molecule has 1 amide bonds. The lowest BCUT2D eigenvalue weighted by Crippen LogP contribution is -2.40. The fraction of sp³-hybridized carbons (Fsp3) is 0.400. The van der Waals surface area contributed by atoms with E-state index in [9.17, 15) is 14.4 Å². The Balaban J connectivity index is 2.84. The molecule has 0 spiro atoms. The number of benzene rings is 1. The predicted octanol–water partition coefficient (Wildman–Crippen LogP) is 0.0806. The summed E-state index contributed by atoms with van der Waals surface area (Å²) in [6.45, 7) is 0.527. The van der Waals surface area contributed by atoms with E-state index in [1.165, 1.54) is 7.11 Å². The molecule has 0 saturated carbocycles. The van der Waals surface area contributed by atoms with Crippen LogP contribution in [0.5, 0.6) is 0 Å². The highest BCUT2D eigenvalue weighted by Crippen LogP contribution is 2.09. The first-order valence-electron chi connectivity index (χ1n) is 6.68. The summed E-state index contributed by atoms with van der Waals surface area (Å²) in [4.78, 5) is 35.8. The van der Waals surface area contributed by atoms with Gasteiger partial charge in [-0.15, -0.1) is 0 Å². The van der Waals surface area contributed by atoms with Gasteiger partial charge < -0.3 is 19.7 Å². The summed E-state index contributed by atoms with van der Waals surface area (Å²) in [5.41, 5.74) is 1.88. The summed E-state index contributed by atoms with van der Waals surface area (Å²) in [7, 11) is 4.18. The Labute approximate surface area is 129 Å². The Morgan fingerprint density at radius 1 is 1.05 bits per heavy atom. The number of ether oxygens (including phenoxy) is 2. The SMILES string of the molecule is CNCc1ccc(CN(CC(=O)OC)C(=O)C(=O)OC)cc1. The molecule has 0 radical (unpaired) electrons. The molecule has 0 aliphatic carbocycles. The van der Waals surface area contributed by atoms with Crippen LogP contribution in [0.2, 0.25) is 0 Å². The molecule has 1 aromatic carbocycles. The number of carbonyl (C=O) groups excluding carboxylic acids is 3. The topological polar surface area (TPSA) is 84.9 Å². The Morgan fingerprint density at radius 2 is 1.64 bits per heavy atom. The second-order valence-electron chi connectivity index (χ2n) is 4.58. The van der Waals surface area contributed by atoms with E-state index in [2.05, 4.69) is 14.8 Å². The van der Waals surface area contributed by atoms with Crippen molar-refractivity contribution in [3.8, 4) is 0 Å². The lowest BCUT2D eigenvalue weighted by Gasteiger charge is -2.20. The summed E-state index contributed by atoms with van der Waals surface area (Å²) in [5.74, 6) is -2.51. The van der Waals surface area contributed by atoms with Crippen molar-refractivity contribution < 1.29 is 23.9 Å². The first-order chi connectivity index (χ1) is 10.5. The third kappa shape index (κ3) is 5.17. The smallest absolute Gasteiger partial charge is 0.396 e. The largest absolute Gasteiger partial charge is 0.468 e. The minimum absolute atomic E-state index is 0.114. The van der Waals surface area contributed by atoms with Crippen LogP contribution in [0.1, 0.15) is 11.1 Å². The Kier molecular flexibility index (Phi) is 7.04. The van der Waals surface area contributed by atoms with Crippen LogP contribution in [-0.2, 0) is 36.9 Å². The van der Waals surface area contributed by atoms with Crippen molar-refractivity contribution in [2.75, 3.05) is 27.8 Å². The minimum atomic E-state index is -1.02. The van der Waals surface area contributed by atoms with Crippen molar-refractivity contribution in [1.82, 2.24) is 10.2 Å². The van der Waals surface area contributed by atoms with E-state index < -0.39 is 17.8 Å². The van der Waals surface area contributed by atoms with E-state index in [4.69, 9.17) is 0 Å². The van der Waals surface area contributed by atoms with Gasteiger partial charge in [0.25, 0.3) is 0 Å². The summed E-state index contributed by atoms with van der Waals surface area (Å²) in [6, 6.07) is 7.48. The molecule has 7 nitrogen and oxygen atoms in total. The molecule has 1 rings (SSSR count). The van der Waals surface area contributed by atoms with Gasteiger partial charge >= 0.3 is 17.8 Å². The third-order valence-electron chi connectivity index (χ3n) is 2.97. The van der Waals surface area contributed by atoms with E-state index in [-0.39, 0.29) is 13.1 Å². The molecule has 0 aromatic heterocycles. The van der Waals surface area contributed by atoms with Crippen LogP contribution in [0.4, 0.5) is 0 Å². The average Bonchev–Trinajstić information content (AvgIpc) is 2.54. The van der Waals surface area contributed by atoms with Crippen molar-refractivity contribution in [3.05, 3.63) is 35.4 Å². The molecule has 1 N–H and O–H groups in total. The predicted molar refractivity (Wildman–Crippen MR) is 78.7 cm³/mol. The summed E-state index contributed by atoms with van der Waals surface area (Å²) >= 11 is 0. The summed E-state index contributed by atoms with van der Waals surface area (Å²) in [6.07, 6.45) is 0. The minimum Gasteiger partial charge on any atom is -0.468 e. The van der Waals surface area contributed by atoms with Crippen LogP contribution >= 0.6 is 0 Å². The monoisotopic (exact) mass is 308 g/mol. The van der Waals surface area contributed by atoms with Crippen molar-refractivity contribution in [2.24, 2.45) is 0 Å². The maximum atomic E-state index is 11.9. The van der Waals surface area contributed by atoms with Gasteiger partial charge in [-0.2, -0.15) is 0 Å². The number of rotatable bonds is 6. The molecule has 1 aromatic rings. The number of hydrogen-bond acceptors (Lipinski definition) is 6. The average molecular weight is 308 g/mol. The van der Waals surface area contributed by atoms with Gasteiger partial charge in [0, 0.05) is 13.1 Å². The highest BCUT2D eigenvalue weighted by molar-refractivity contribution is 6.32. The normalized spacial score (nSPS) is 9.95. The van der Waals surface area contributed by atoms with Crippen molar-refractivity contribution in [1.29, 1.82) is 0 Å². The molecule has 0 unspecified atom stereocenters. The van der Waals surface area contributed by atoms with E-state index >= 15 is 0 Å². The van der Waals surface area contributed by atoms with E-state index in [1.807, 2.05) is 31.3 Å². The van der Waals surface area contributed by atoms with Gasteiger partial charge in [0.15, 0.2) is 0 Å². The van der Waals surface area contributed by atoms with Crippen molar-refractivity contribution in [3.63, 3.8) is 0 Å². The Bertz CT molecular complexity index is 527. The van der Waals surface area contributed by atoms with Gasteiger partial charge in [-0.3, -0.25) is 9.59 Å². The Morgan fingerprint density at radius 3 is 2.14 bits per heavy atom. The zero-order valence-corrected chi connectivity index (χ0v) is 12.9. The van der Waals surface area contributed by atoms with Crippen LogP contribution in [0, 0.1) is 0 Å². The number of carbonyl (C=O) groups is 3. The molecule has 0 fully saturated rings. The molecule has 0 aliphatic heterocycles. The number of methoxy groups -OCH3 is 2. The molecule has 0 aliphatic rings. The maximum Gasteiger partial charge on any atom is 0.396 e. The molecule has 0 bridgehead atoms. The highest BCUT2D eigenvalue weighted by Gasteiger charge is 2.25. The van der Waals surface area contributed by atoms with Gasteiger partial charge in [0.1, 0.15) is 6.54 Å². The molecular formula is C15H20N2O5. The number of amides is 1. The van der Waals surface area contributed by atoms with Gasteiger partial charge in [0.05, 0.1) is 14.2 Å². The molecule has 0 saturated heterocycles. The zero-order valence-electron chi connectivity index (χ0n) is 12.9. The van der Waals surface area contributed by atoms with Crippen LogP contribution in [-0.4, -0.2) is 50.6 Å². The molecule has 0 atom stereocenters. The number of nitrogens with zero attached hydrogens (tertiary/aromatic N) is 1. The number of hydrogen-bond donors (Lipinski definition) is 1. The van der Waals surface area contributed by atoms with E-state index in [1.54, 1.807) is 0 Å². The summed E-state index contributed by atoms with van der Waals surface area (Å²) < 4.78 is 8.95. The second kappa shape index (κ2) is 8.78. The summed E-state index contributed by atoms with van der Waals surface area (Å²) in [5, 5.41) is 3.03.